The SMILES string of the molecule is CC1CN(C)c2ccccc2CN1C(=O)Cc1cncn1C. The van der Waals surface area contributed by atoms with E-state index in [1.54, 1.807) is 12.5 Å². The molecule has 5 heteroatoms. The molecular formula is C17H22N4O. The number of benzene rings is 1. The third-order valence-corrected chi connectivity index (χ3v) is 4.38. The molecule has 0 saturated heterocycles. The smallest absolute Gasteiger partial charge is 0.229 e. The number of para-hydroxylation sites is 1. The quantitative estimate of drug-likeness (QED) is 0.849. The summed E-state index contributed by atoms with van der Waals surface area (Å²) in [6.45, 7) is 3.62. The predicted octanol–water partition coefficient (Wildman–Crippen LogP) is 1.83. The summed E-state index contributed by atoms with van der Waals surface area (Å²) in [5, 5.41) is 0. The van der Waals surface area contributed by atoms with Crippen molar-refractivity contribution in [2.45, 2.75) is 25.9 Å². The number of anilines is 1. The van der Waals surface area contributed by atoms with E-state index in [0.717, 1.165) is 12.2 Å². The van der Waals surface area contributed by atoms with Crippen molar-refractivity contribution >= 4 is 11.6 Å². The van der Waals surface area contributed by atoms with Gasteiger partial charge in [-0.2, -0.15) is 0 Å². The summed E-state index contributed by atoms with van der Waals surface area (Å²) in [6.07, 6.45) is 3.89. The molecule has 2 aromatic rings. The number of carbonyl (C=O) groups excluding carboxylic acids is 1. The van der Waals surface area contributed by atoms with Crippen molar-refractivity contribution in [2.24, 2.45) is 7.05 Å². The lowest BCUT2D eigenvalue weighted by atomic mass is 10.1. The van der Waals surface area contributed by atoms with E-state index in [9.17, 15) is 4.79 Å². The highest BCUT2D eigenvalue weighted by atomic mass is 16.2. The Morgan fingerprint density at radius 1 is 1.32 bits per heavy atom. The average molecular weight is 298 g/mol. The van der Waals surface area contributed by atoms with Crippen LogP contribution in [0.3, 0.4) is 0 Å². The maximum atomic E-state index is 12.8. The molecule has 2 heterocycles. The lowest BCUT2D eigenvalue weighted by molar-refractivity contribution is -0.133. The van der Waals surface area contributed by atoms with Gasteiger partial charge in [-0.1, -0.05) is 18.2 Å². The lowest BCUT2D eigenvalue weighted by Gasteiger charge is -2.28. The van der Waals surface area contributed by atoms with E-state index in [0.29, 0.717) is 13.0 Å². The zero-order valence-electron chi connectivity index (χ0n) is 13.4. The van der Waals surface area contributed by atoms with Gasteiger partial charge in [0.2, 0.25) is 5.91 Å². The molecule has 0 saturated carbocycles. The molecule has 0 radical (unpaired) electrons. The van der Waals surface area contributed by atoms with Gasteiger partial charge in [-0.3, -0.25) is 4.79 Å². The number of likely N-dealkylation sites (N-methyl/N-ethyl adjacent to an activating group) is 1. The van der Waals surface area contributed by atoms with Crippen LogP contribution in [0.4, 0.5) is 5.69 Å². The number of amides is 1. The highest BCUT2D eigenvalue weighted by molar-refractivity contribution is 5.79. The van der Waals surface area contributed by atoms with Crippen molar-refractivity contribution in [1.82, 2.24) is 14.5 Å². The maximum absolute atomic E-state index is 12.8. The van der Waals surface area contributed by atoms with Crippen LogP contribution in [0.25, 0.3) is 0 Å². The minimum atomic E-state index is 0.154. The van der Waals surface area contributed by atoms with E-state index in [4.69, 9.17) is 0 Å². The first-order valence-electron chi connectivity index (χ1n) is 7.60. The molecule has 1 unspecified atom stereocenters. The Morgan fingerprint density at radius 2 is 2.09 bits per heavy atom. The van der Waals surface area contributed by atoms with E-state index in [1.807, 2.05) is 28.6 Å². The fourth-order valence-electron chi connectivity index (χ4n) is 3.09. The second kappa shape index (κ2) is 5.83. The van der Waals surface area contributed by atoms with E-state index in [2.05, 4.69) is 36.0 Å². The van der Waals surface area contributed by atoms with Crippen molar-refractivity contribution in [3.05, 3.63) is 48.0 Å². The van der Waals surface area contributed by atoms with E-state index in [1.165, 1.54) is 11.3 Å². The predicted molar refractivity (Wildman–Crippen MR) is 86.6 cm³/mol. The fraction of sp³-hybridized carbons (Fsp3) is 0.412. The number of fused-ring (bicyclic) bond motifs is 1. The molecule has 0 spiro atoms. The molecule has 0 bridgehead atoms. The van der Waals surface area contributed by atoms with Crippen LogP contribution in [-0.4, -0.2) is 40.0 Å². The van der Waals surface area contributed by atoms with Crippen molar-refractivity contribution in [2.75, 3.05) is 18.5 Å². The van der Waals surface area contributed by atoms with Gasteiger partial charge < -0.3 is 14.4 Å². The monoisotopic (exact) mass is 298 g/mol. The normalized spacial score (nSPS) is 18.0. The van der Waals surface area contributed by atoms with Gasteiger partial charge in [0.25, 0.3) is 0 Å². The Labute approximate surface area is 131 Å². The zero-order valence-corrected chi connectivity index (χ0v) is 13.4. The van der Waals surface area contributed by atoms with Crippen molar-refractivity contribution in [3.8, 4) is 0 Å². The van der Waals surface area contributed by atoms with Crippen LogP contribution < -0.4 is 4.90 Å². The van der Waals surface area contributed by atoms with Gasteiger partial charge in [-0.05, 0) is 18.6 Å². The number of hydrogen-bond acceptors (Lipinski definition) is 3. The van der Waals surface area contributed by atoms with Gasteiger partial charge >= 0.3 is 0 Å². The molecule has 0 aliphatic carbocycles. The van der Waals surface area contributed by atoms with E-state index < -0.39 is 0 Å². The second-order valence-electron chi connectivity index (χ2n) is 6.05. The molecule has 1 aliphatic rings. The molecule has 1 atom stereocenters. The molecule has 3 rings (SSSR count). The van der Waals surface area contributed by atoms with Gasteiger partial charge in [0.15, 0.2) is 0 Å². The first-order chi connectivity index (χ1) is 10.6. The topological polar surface area (TPSA) is 41.4 Å². The zero-order chi connectivity index (χ0) is 15.7. The van der Waals surface area contributed by atoms with Crippen LogP contribution in [0, 0.1) is 0 Å². The van der Waals surface area contributed by atoms with Crippen LogP contribution in [0.1, 0.15) is 18.2 Å². The maximum Gasteiger partial charge on any atom is 0.229 e. The summed E-state index contributed by atoms with van der Waals surface area (Å²) in [6, 6.07) is 8.49. The number of aryl methyl sites for hydroxylation is 1. The van der Waals surface area contributed by atoms with Crippen LogP contribution in [-0.2, 0) is 24.8 Å². The highest BCUT2D eigenvalue weighted by Crippen LogP contribution is 2.26. The van der Waals surface area contributed by atoms with Crippen molar-refractivity contribution in [1.29, 1.82) is 0 Å². The number of hydrogen-bond donors (Lipinski definition) is 0. The average Bonchev–Trinajstić information content (AvgIpc) is 2.84. The van der Waals surface area contributed by atoms with Gasteiger partial charge in [0.1, 0.15) is 0 Å². The molecule has 1 aromatic carbocycles. The Balaban J connectivity index is 1.84. The Kier molecular flexibility index (Phi) is 3.88. The van der Waals surface area contributed by atoms with Gasteiger partial charge in [-0.25, -0.2) is 4.98 Å². The summed E-state index contributed by atoms with van der Waals surface area (Å²) in [4.78, 5) is 21.1. The third-order valence-electron chi connectivity index (χ3n) is 4.38. The summed E-state index contributed by atoms with van der Waals surface area (Å²) in [5.41, 5.74) is 3.36. The summed E-state index contributed by atoms with van der Waals surface area (Å²) in [7, 11) is 4.01. The second-order valence-corrected chi connectivity index (χ2v) is 6.05. The molecule has 5 nitrogen and oxygen atoms in total. The third kappa shape index (κ3) is 2.71. The van der Waals surface area contributed by atoms with E-state index >= 15 is 0 Å². The molecular weight excluding hydrogens is 276 g/mol. The molecule has 22 heavy (non-hydrogen) atoms. The molecule has 1 aromatic heterocycles. The first-order valence-corrected chi connectivity index (χ1v) is 7.60. The lowest BCUT2D eigenvalue weighted by Crippen LogP contribution is -2.42. The van der Waals surface area contributed by atoms with Crippen LogP contribution in [0.5, 0.6) is 0 Å². The Hall–Kier alpha value is -2.30. The Bertz CT molecular complexity index is 679. The first kappa shape index (κ1) is 14.6. The van der Waals surface area contributed by atoms with Gasteiger partial charge in [0.05, 0.1) is 12.7 Å². The number of imidazole rings is 1. The standard InChI is InChI=1S/C17H22N4O/c1-13-10-19(2)16-7-5-4-6-14(16)11-21(13)17(22)8-15-9-18-12-20(15)3/h4-7,9,12-13H,8,10-11H2,1-3H3. The van der Waals surface area contributed by atoms with Crippen LogP contribution in [0.15, 0.2) is 36.8 Å². The Morgan fingerprint density at radius 3 is 2.82 bits per heavy atom. The number of aromatic nitrogens is 2. The highest BCUT2D eigenvalue weighted by Gasteiger charge is 2.27. The largest absolute Gasteiger partial charge is 0.372 e. The number of rotatable bonds is 2. The molecule has 116 valence electrons. The molecule has 1 aliphatic heterocycles. The van der Waals surface area contributed by atoms with Gasteiger partial charge in [-0.15, -0.1) is 0 Å². The van der Waals surface area contributed by atoms with Gasteiger partial charge in [0, 0.05) is 50.8 Å². The minimum Gasteiger partial charge on any atom is -0.372 e. The van der Waals surface area contributed by atoms with E-state index in [-0.39, 0.29) is 11.9 Å². The number of nitrogens with zero attached hydrogens (tertiary/aromatic N) is 4. The van der Waals surface area contributed by atoms with Crippen molar-refractivity contribution < 1.29 is 4.79 Å². The van der Waals surface area contributed by atoms with Crippen molar-refractivity contribution in [3.63, 3.8) is 0 Å². The fourth-order valence-corrected chi connectivity index (χ4v) is 3.09. The number of carbonyl (C=O) groups is 1. The summed E-state index contributed by atoms with van der Waals surface area (Å²) < 4.78 is 1.90. The summed E-state index contributed by atoms with van der Waals surface area (Å²) >= 11 is 0. The molecule has 0 fully saturated rings. The van der Waals surface area contributed by atoms with Crippen LogP contribution >= 0.6 is 0 Å². The summed E-state index contributed by atoms with van der Waals surface area (Å²) in [5.74, 6) is 0.154. The molecule has 0 N–H and O–H groups in total. The minimum absolute atomic E-state index is 0.154. The van der Waals surface area contributed by atoms with Crippen LogP contribution in [0.2, 0.25) is 0 Å². The molecule has 1 amide bonds.